The van der Waals surface area contributed by atoms with Crippen molar-refractivity contribution in [2.75, 3.05) is 13.2 Å². The molecule has 0 aromatic carbocycles. The topological polar surface area (TPSA) is 52.6 Å². The summed E-state index contributed by atoms with van der Waals surface area (Å²) in [7, 11) is 0. The van der Waals surface area contributed by atoms with Crippen LogP contribution in [0.15, 0.2) is 11.1 Å². The summed E-state index contributed by atoms with van der Waals surface area (Å²) in [6.45, 7) is 8.57. The molecule has 0 aliphatic carbocycles. The number of hydrogen-bond donors (Lipinski definition) is 0. The van der Waals surface area contributed by atoms with Crippen LogP contribution in [0, 0.1) is 0 Å². The van der Waals surface area contributed by atoms with E-state index in [0.29, 0.717) is 37.2 Å². The average molecular weight is 284 g/mol. The SMILES string of the molecule is CCCC/C(C(=O)OCCC)=C(\CC)C(=O)OCCC. The molecule has 0 heterocycles. The Morgan fingerprint density at radius 3 is 1.65 bits per heavy atom. The highest BCUT2D eigenvalue weighted by molar-refractivity contribution is 6.00. The largest absolute Gasteiger partial charge is 0.462 e. The number of unbranched alkanes of at least 4 members (excludes halogenated alkanes) is 1. The van der Waals surface area contributed by atoms with E-state index in [1.54, 1.807) is 0 Å². The molecule has 4 nitrogen and oxygen atoms in total. The molecule has 0 radical (unpaired) electrons. The van der Waals surface area contributed by atoms with Gasteiger partial charge in [0.05, 0.1) is 13.2 Å². The Morgan fingerprint density at radius 2 is 1.25 bits per heavy atom. The summed E-state index contributed by atoms with van der Waals surface area (Å²) >= 11 is 0. The van der Waals surface area contributed by atoms with Crippen LogP contribution >= 0.6 is 0 Å². The maximum absolute atomic E-state index is 12.1. The van der Waals surface area contributed by atoms with Gasteiger partial charge in [-0.15, -0.1) is 0 Å². The molecule has 20 heavy (non-hydrogen) atoms. The Hall–Kier alpha value is -1.32. The quantitative estimate of drug-likeness (QED) is 0.452. The molecule has 0 spiro atoms. The second-order valence-corrected chi connectivity index (χ2v) is 4.69. The third-order valence-electron chi connectivity index (χ3n) is 2.87. The second kappa shape index (κ2) is 11.5. The Balaban J connectivity index is 5.10. The molecule has 0 aromatic rings. The van der Waals surface area contributed by atoms with Crippen LogP contribution in [-0.2, 0) is 19.1 Å². The van der Waals surface area contributed by atoms with E-state index >= 15 is 0 Å². The van der Waals surface area contributed by atoms with Crippen molar-refractivity contribution in [1.82, 2.24) is 0 Å². The fourth-order valence-electron chi connectivity index (χ4n) is 1.77. The first-order valence-corrected chi connectivity index (χ1v) is 7.68. The van der Waals surface area contributed by atoms with Crippen molar-refractivity contribution in [2.45, 2.75) is 66.2 Å². The van der Waals surface area contributed by atoms with E-state index in [4.69, 9.17) is 9.47 Å². The van der Waals surface area contributed by atoms with E-state index in [-0.39, 0.29) is 11.9 Å². The molecule has 0 amide bonds. The highest BCUT2D eigenvalue weighted by Gasteiger charge is 2.21. The number of hydrogen-bond acceptors (Lipinski definition) is 4. The van der Waals surface area contributed by atoms with Crippen molar-refractivity contribution in [1.29, 1.82) is 0 Å². The molecule has 0 aliphatic heterocycles. The molecular formula is C16H28O4. The smallest absolute Gasteiger partial charge is 0.334 e. The van der Waals surface area contributed by atoms with Crippen LogP contribution < -0.4 is 0 Å². The van der Waals surface area contributed by atoms with Crippen molar-refractivity contribution < 1.29 is 19.1 Å². The molecule has 0 aromatic heterocycles. The van der Waals surface area contributed by atoms with Gasteiger partial charge in [-0.1, -0.05) is 34.1 Å². The highest BCUT2D eigenvalue weighted by atomic mass is 16.5. The molecule has 0 unspecified atom stereocenters. The van der Waals surface area contributed by atoms with Crippen molar-refractivity contribution in [3.05, 3.63) is 11.1 Å². The first kappa shape index (κ1) is 18.7. The lowest BCUT2D eigenvalue weighted by atomic mass is 10.0. The highest BCUT2D eigenvalue weighted by Crippen LogP contribution is 2.19. The van der Waals surface area contributed by atoms with Gasteiger partial charge in [-0.25, -0.2) is 9.59 Å². The first-order chi connectivity index (χ1) is 9.62. The molecule has 0 aliphatic rings. The van der Waals surface area contributed by atoms with Crippen molar-refractivity contribution in [2.24, 2.45) is 0 Å². The molecule has 4 heteroatoms. The maximum Gasteiger partial charge on any atom is 0.334 e. The van der Waals surface area contributed by atoms with Gasteiger partial charge in [-0.2, -0.15) is 0 Å². The summed E-state index contributed by atoms with van der Waals surface area (Å²) in [6, 6.07) is 0. The van der Waals surface area contributed by atoms with Gasteiger partial charge in [0, 0.05) is 11.1 Å². The van der Waals surface area contributed by atoms with Gasteiger partial charge in [0.1, 0.15) is 0 Å². The predicted octanol–water partition coefficient (Wildman–Crippen LogP) is 3.79. The van der Waals surface area contributed by atoms with Crippen molar-refractivity contribution >= 4 is 11.9 Å². The zero-order valence-corrected chi connectivity index (χ0v) is 13.3. The minimum Gasteiger partial charge on any atom is -0.462 e. The molecule has 0 saturated carbocycles. The summed E-state index contributed by atoms with van der Waals surface area (Å²) in [5, 5.41) is 0. The van der Waals surface area contributed by atoms with Gasteiger partial charge in [-0.3, -0.25) is 0 Å². The number of esters is 2. The number of carbonyl (C=O) groups excluding carboxylic acids is 2. The lowest BCUT2D eigenvalue weighted by molar-refractivity contribution is -0.142. The molecule has 0 rings (SSSR count). The van der Waals surface area contributed by atoms with Gasteiger partial charge in [0.25, 0.3) is 0 Å². The minimum atomic E-state index is -0.381. The third-order valence-corrected chi connectivity index (χ3v) is 2.87. The van der Waals surface area contributed by atoms with E-state index in [1.165, 1.54) is 0 Å². The second-order valence-electron chi connectivity index (χ2n) is 4.69. The zero-order valence-electron chi connectivity index (χ0n) is 13.3. The Bertz CT molecular complexity index is 331. The molecule has 0 N–H and O–H groups in total. The van der Waals surface area contributed by atoms with Crippen LogP contribution in [-0.4, -0.2) is 25.2 Å². The van der Waals surface area contributed by atoms with Crippen LogP contribution in [0.3, 0.4) is 0 Å². The third kappa shape index (κ3) is 6.73. The lowest BCUT2D eigenvalue weighted by Gasteiger charge is -2.13. The normalized spacial score (nSPS) is 11.8. The summed E-state index contributed by atoms with van der Waals surface area (Å²) < 4.78 is 10.3. The Kier molecular flexibility index (Phi) is 10.7. The standard InChI is InChI=1S/C16H28O4/c1-5-9-10-14(16(18)20-12-7-3)13(8-4)15(17)19-11-6-2/h5-12H2,1-4H3/b14-13-. The summed E-state index contributed by atoms with van der Waals surface area (Å²) in [5.41, 5.74) is 0.955. The molecule has 0 fully saturated rings. The van der Waals surface area contributed by atoms with E-state index in [1.807, 2.05) is 20.8 Å². The Morgan fingerprint density at radius 1 is 0.750 bits per heavy atom. The van der Waals surface area contributed by atoms with Crippen molar-refractivity contribution in [3.8, 4) is 0 Å². The fourth-order valence-corrected chi connectivity index (χ4v) is 1.77. The van der Waals surface area contributed by atoms with E-state index in [9.17, 15) is 9.59 Å². The fraction of sp³-hybridized carbons (Fsp3) is 0.750. The van der Waals surface area contributed by atoms with Crippen LogP contribution in [0.25, 0.3) is 0 Å². The summed E-state index contributed by atoms with van der Waals surface area (Å²) in [6.07, 6.45) is 4.43. The van der Waals surface area contributed by atoms with Gasteiger partial charge in [0.15, 0.2) is 0 Å². The average Bonchev–Trinajstić information content (AvgIpc) is 2.46. The molecule has 0 bridgehead atoms. The molecular weight excluding hydrogens is 256 g/mol. The maximum atomic E-state index is 12.1. The summed E-state index contributed by atoms with van der Waals surface area (Å²) in [5.74, 6) is -0.750. The molecule has 0 atom stereocenters. The van der Waals surface area contributed by atoms with Crippen LogP contribution in [0.5, 0.6) is 0 Å². The minimum absolute atomic E-state index is 0.370. The van der Waals surface area contributed by atoms with Crippen LogP contribution in [0.2, 0.25) is 0 Å². The predicted molar refractivity (Wildman–Crippen MR) is 79.3 cm³/mol. The Labute approximate surface area is 122 Å². The number of rotatable bonds is 10. The van der Waals surface area contributed by atoms with Crippen LogP contribution in [0.4, 0.5) is 0 Å². The molecule has 0 saturated heterocycles. The van der Waals surface area contributed by atoms with Gasteiger partial charge >= 0.3 is 11.9 Å². The summed E-state index contributed by atoms with van der Waals surface area (Å²) in [4.78, 5) is 24.1. The molecule has 116 valence electrons. The van der Waals surface area contributed by atoms with Crippen molar-refractivity contribution in [3.63, 3.8) is 0 Å². The van der Waals surface area contributed by atoms with E-state index in [2.05, 4.69) is 6.92 Å². The van der Waals surface area contributed by atoms with E-state index < -0.39 is 0 Å². The first-order valence-electron chi connectivity index (χ1n) is 7.68. The van der Waals surface area contributed by atoms with Gasteiger partial charge in [0.2, 0.25) is 0 Å². The van der Waals surface area contributed by atoms with E-state index in [0.717, 1.165) is 25.7 Å². The lowest BCUT2D eigenvalue weighted by Crippen LogP contribution is -2.17. The monoisotopic (exact) mass is 284 g/mol. The van der Waals surface area contributed by atoms with Crippen LogP contribution in [0.1, 0.15) is 66.2 Å². The number of carbonyl (C=O) groups is 2. The zero-order chi connectivity index (χ0) is 15.4. The van der Waals surface area contributed by atoms with Gasteiger partial charge < -0.3 is 9.47 Å². The number of ether oxygens (including phenoxy) is 2. The van der Waals surface area contributed by atoms with Gasteiger partial charge in [-0.05, 0) is 32.1 Å².